The van der Waals surface area contributed by atoms with Gasteiger partial charge in [0.2, 0.25) is 0 Å². The lowest BCUT2D eigenvalue weighted by Crippen LogP contribution is -2.46. The minimum atomic E-state index is 0.512. The number of hydrogen-bond donors (Lipinski definition) is 2. The average molecular weight is 382 g/mol. The number of rotatable bonds is 9. The molecule has 0 aromatic heterocycles. The molecule has 158 valence electrons. The van der Waals surface area contributed by atoms with Crippen molar-refractivity contribution in [3.05, 3.63) is 0 Å². The summed E-state index contributed by atoms with van der Waals surface area (Å²) in [5, 5.41) is 7.00. The molecule has 27 heavy (non-hydrogen) atoms. The van der Waals surface area contributed by atoms with Crippen molar-refractivity contribution in [1.29, 1.82) is 0 Å². The predicted octanol–water partition coefficient (Wildman–Crippen LogP) is 2.02. The SMILES string of the molecule is CCNC(=NCC(CC(C)C)N1CCOCC1)NCCC1CCN(C)CC1. The second-order valence-electron chi connectivity index (χ2n) is 8.61. The van der Waals surface area contributed by atoms with Crippen LogP contribution < -0.4 is 10.6 Å². The number of morpholine rings is 1. The van der Waals surface area contributed by atoms with Crippen LogP contribution in [0.25, 0.3) is 0 Å². The quantitative estimate of drug-likeness (QED) is 0.473. The van der Waals surface area contributed by atoms with Crippen LogP contribution in [0, 0.1) is 11.8 Å². The van der Waals surface area contributed by atoms with Gasteiger partial charge in [-0.3, -0.25) is 9.89 Å². The van der Waals surface area contributed by atoms with Crippen LogP contribution in [0.2, 0.25) is 0 Å². The summed E-state index contributed by atoms with van der Waals surface area (Å²) in [6.07, 6.45) is 5.11. The van der Waals surface area contributed by atoms with E-state index in [1.54, 1.807) is 0 Å². The third kappa shape index (κ3) is 8.79. The van der Waals surface area contributed by atoms with Gasteiger partial charge in [0, 0.05) is 32.2 Å². The zero-order valence-electron chi connectivity index (χ0n) is 18.2. The average Bonchev–Trinajstić information content (AvgIpc) is 2.67. The zero-order chi connectivity index (χ0) is 19.5. The number of guanidine groups is 1. The molecule has 2 N–H and O–H groups in total. The van der Waals surface area contributed by atoms with Crippen LogP contribution in [0.5, 0.6) is 0 Å². The molecule has 2 heterocycles. The molecule has 0 aliphatic carbocycles. The highest BCUT2D eigenvalue weighted by molar-refractivity contribution is 5.79. The Morgan fingerprint density at radius 3 is 2.44 bits per heavy atom. The molecule has 0 radical (unpaired) electrons. The van der Waals surface area contributed by atoms with E-state index >= 15 is 0 Å². The third-order valence-corrected chi connectivity index (χ3v) is 5.79. The van der Waals surface area contributed by atoms with Crippen molar-refractivity contribution < 1.29 is 4.74 Å². The first-order valence-electron chi connectivity index (χ1n) is 11.1. The summed E-state index contributed by atoms with van der Waals surface area (Å²) in [6.45, 7) is 15.8. The van der Waals surface area contributed by atoms with E-state index in [-0.39, 0.29) is 0 Å². The minimum Gasteiger partial charge on any atom is -0.379 e. The van der Waals surface area contributed by atoms with E-state index in [9.17, 15) is 0 Å². The molecule has 2 fully saturated rings. The van der Waals surface area contributed by atoms with Crippen LogP contribution in [0.1, 0.15) is 46.5 Å². The lowest BCUT2D eigenvalue weighted by atomic mass is 9.94. The van der Waals surface area contributed by atoms with Gasteiger partial charge in [0.15, 0.2) is 5.96 Å². The van der Waals surface area contributed by atoms with Gasteiger partial charge in [-0.1, -0.05) is 13.8 Å². The second kappa shape index (κ2) is 12.6. The Morgan fingerprint density at radius 2 is 1.81 bits per heavy atom. The molecular weight excluding hydrogens is 338 g/mol. The zero-order valence-corrected chi connectivity index (χ0v) is 18.2. The maximum atomic E-state index is 5.53. The van der Waals surface area contributed by atoms with Gasteiger partial charge < -0.3 is 20.3 Å². The molecule has 2 rings (SSSR count). The molecule has 2 saturated heterocycles. The van der Waals surface area contributed by atoms with Gasteiger partial charge in [0.05, 0.1) is 19.8 Å². The van der Waals surface area contributed by atoms with Crippen LogP contribution >= 0.6 is 0 Å². The molecular formula is C21H43N5O. The van der Waals surface area contributed by atoms with Crippen LogP contribution in [-0.4, -0.2) is 87.9 Å². The first-order valence-corrected chi connectivity index (χ1v) is 11.1. The summed E-state index contributed by atoms with van der Waals surface area (Å²) in [4.78, 5) is 9.95. The molecule has 1 unspecified atom stereocenters. The standard InChI is InChI=1S/C21H43N5O/c1-5-22-21(23-9-6-19-7-10-25(4)11-8-19)24-17-20(16-18(2)3)26-12-14-27-15-13-26/h18-20H,5-17H2,1-4H3,(H2,22,23,24). The molecule has 6 heteroatoms. The fourth-order valence-electron chi connectivity index (χ4n) is 4.11. The fraction of sp³-hybridized carbons (Fsp3) is 0.952. The number of ether oxygens (including phenoxy) is 1. The van der Waals surface area contributed by atoms with E-state index in [0.29, 0.717) is 12.0 Å². The van der Waals surface area contributed by atoms with E-state index in [1.165, 1.54) is 38.8 Å². The van der Waals surface area contributed by atoms with Crippen LogP contribution in [-0.2, 0) is 4.74 Å². The van der Waals surface area contributed by atoms with E-state index in [4.69, 9.17) is 9.73 Å². The van der Waals surface area contributed by atoms with E-state index in [0.717, 1.165) is 57.8 Å². The molecule has 2 aliphatic heterocycles. The molecule has 0 aromatic rings. The Balaban J connectivity index is 1.81. The molecule has 0 bridgehead atoms. The van der Waals surface area contributed by atoms with Crippen molar-refractivity contribution in [2.24, 2.45) is 16.8 Å². The highest BCUT2D eigenvalue weighted by Gasteiger charge is 2.22. The predicted molar refractivity (Wildman–Crippen MR) is 114 cm³/mol. The molecule has 0 saturated carbocycles. The summed E-state index contributed by atoms with van der Waals surface area (Å²) in [5.41, 5.74) is 0. The van der Waals surface area contributed by atoms with Crippen LogP contribution in [0.4, 0.5) is 0 Å². The van der Waals surface area contributed by atoms with Gasteiger partial charge >= 0.3 is 0 Å². The van der Waals surface area contributed by atoms with Gasteiger partial charge in [-0.2, -0.15) is 0 Å². The fourth-order valence-corrected chi connectivity index (χ4v) is 4.11. The number of aliphatic imine (C=N–C) groups is 1. The van der Waals surface area contributed by atoms with Crippen molar-refractivity contribution >= 4 is 5.96 Å². The Hall–Kier alpha value is -0.850. The van der Waals surface area contributed by atoms with Crippen molar-refractivity contribution in [3.8, 4) is 0 Å². The Morgan fingerprint density at radius 1 is 1.11 bits per heavy atom. The number of nitrogens with zero attached hydrogens (tertiary/aromatic N) is 3. The van der Waals surface area contributed by atoms with Gasteiger partial charge in [0.1, 0.15) is 0 Å². The van der Waals surface area contributed by atoms with Gasteiger partial charge in [-0.05, 0) is 64.6 Å². The summed E-state index contributed by atoms with van der Waals surface area (Å²) < 4.78 is 5.53. The molecule has 2 aliphatic rings. The number of likely N-dealkylation sites (tertiary alicyclic amines) is 1. The highest BCUT2D eigenvalue weighted by Crippen LogP contribution is 2.18. The lowest BCUT2D eigenvalue weighted by molar-refractivity contribution is 0.0143. The maximum Gasteiger partial charge on any atom is 0.191 e. The highest BCUT2D eigenvalue weighted by atomic mass is 16.5. The van der Waals surface area contributed by atoms with Gasteiger partial charge in [-0.25, -0.2) is 0 Å². The maximum absolute atomic E-state index is 5.53. The largest absolute Gasteiger partial charge is 0.379 e. The smallest absolute Gasteiger partial charge is 0.191 e. The minimum absolute atomic E-state index is 0.512. The normalized spacial score (nSPS) is 22.2. The van der Waals surface area contributed by atoms with Crippen molar-refractivity contribution in [3.63, 3.8) is 0 Å². The Bertz CT molecular complexity index is 415. The van der Waals surface area contributed by atoms with Gasteiger partial charge in [0.25, 0.3) is 0 Å². The number of hydrogen-bond acceptors (Lipinski definition) is 4. The van der Waals surface area contributed by atoms with Crippen molar-refractivity contribution in [1.82, 2.24) is 20.4 Å². The Labute approximate surface area is 167 Å². The van der Waals surface area contributed by atoms with E-state index in [2.05, 4.69) is 48.3 Å². The summed E-state index contributed by atoms with van der Waals surface area (Å²) in [7, 11) is 2.23. The monoisotopic (exact) mass is 381 g/mol. The van der Waals surface area contributed by atoms with Crippen LogP contribution in [0.3, 0.4) is 0 Å². The number of piperidine rings is 1. The first kappa shape index (κ1) is 22.4. The van der Waals surface area contributed by atoms with Gasteiger partial charge in [-0.15, -0.1) is 0 Å². The summed E-state index contributed by atoms with van der Waals surface area (Å²) in [5.74, 6) is 2.53. The molecule has 0 amide bonds. The number of nitrogens with one attached hydrogen (secondary N) is 2. The second-order valence-corrected chi connectivity index (χ2v) is 8.61. The summed E-state index contributed by atoms with van der Waals surface area (Å²) in [6, 6.07) is 0.512. The van der Waals surface area contributed by atoms with Crippen molar-refractivity contribution in [2.45, 2.75) is 52.5 Å². The van der Waals surface area contributed by atoms with Crippen molar-refractivity contribution in [2.75, 3.05) is 66.1 Å². The summed E-state index contributed by atoms with van der Waals surface area (Å²) >= 11 is 0. The molecule has 0 aromatic carbocycles. The Kier molecular flexibility index (Phi) is 10.5. The topological polar surface area (TPSA) is 52.1 Å². The molecule has 0 spiro atoms. The third-order valence-electron chi connectivity index (χ3n) is 5.79. The van der Waals surface area contributed by atoms with Crippen LogP contribution in [0.15, 0.2) is 4.99 Å². The molecule has 1 atom stereocenters. The lowest BCUT2D eigenvalue weighted by Gasteiger charge is -2.34. The first-order chi connectivity index (χ1) is 13.1. The molecule has 6 nitrogen and oxygen atoms in total. The van der Waals surface area contributed by atoms with E-state index < -0.39 is 0 Å². The van der Waals surface area contributed by atoms with E-state index in [1.807, 2.05) is 0 Å².